The van der Waals surface area contributed by atoms with E-state index in [2.05, 4.69) is 22.8 Å². The smallest absolute Gasteiger partial charge is 0.0550 e. The first kappa shape index (κ1) is 6.61. The summed E-state index contributed by atoms with van der Waals surface area (Å²) >= 11 is 0. The molecule has 0 amide bonds. The van der Waals surface area contributed by atoms with Gasteiger partial charge in [-0.25, -0.2) is 5.43 Å². The van der Waals surface area contributed by atoms with Crippen molar-refractivity contribution < 1.29 is 0 Å². The number of anilines is 1. The summed E-state index contributed by atoms with van der Waals surface area (Å²) in [5, 5.41) is 0. The number of rotatable bonds is 0. The Kier molecular flexibility index (Phi) is 1.51. The van der Waals surface area contributed by atoms with Gasteiger partial charge >= 0.3 is 0 Å². The van der Waals surface area contributed by atoms with Gasteiger partial charge in [-0.15, -0.1) is 0 Å². The molecule has 3 nitrogen and oxygen atoms in total. The number of fused-ring (bicyclic) bond motifs is 1. The van der Waals surface area contributed by atoms with Crippen LogP contribution in [0.25, 0.3) is 0 Å². The van der Waals surface area contributed by atoms with E-state index in [0.717, 1.165) is 12.1 Å². The quantitative estimate of drug-likeness (QED) is 0.576. The Morgan fingerprint density at radius 1 is 1.64 bits per heavy atom. The minimum atomic E-state index is 0.492. The summed E-state index contributed by atoms with van der Waals surface area (Å²) in [6.07, 6.45) is 4.76. The van der Waals surface area contributed by atoms with Gasteiger partial charge in [-0.3, -0.25) is 4.98 Å². The van der Waals surface area contributed by atoms with Crippen LogP contribution in [0.5, 0.6) is 0 Å². The van der Waals surface area contributed by atoms with E-state index in [4.69, 9.17) is 0 Å². The van der Waals surface area contributed by atoms with Crippen LogP contribution < -0.4 is 10.9 Å². The SMILES string of the molecule is CC1Cc2cnccc2NN1. The Bertz CT molecular complexity index is 259. The Morgan fingerprint density at radius 2 is 2.55 bits per heavy atom. The highest BCUT2D eigenvalue weighted by Gasteiger charge is 2.12. The third-order valence-electron chi connectivity index (χ3n) is 1.88. The van der Waals surface area contributed by atoms with E-state index < -0.39 is 0 Å². The van der Waals surface area contributed by atoms with Gasteiger partial charge in [0.25, 0.3) is 0 Å². The van der Waals surface area contributed by atoms with Crippen LogP contribution in [0.3, 0.4) is 0 Å². The largest absolute Gasteiger partial charge is 0.321 e. The Balaban J connectivity index is 2.34. The third kappa shape index (κ3) is 1.19. The number of pyridine rings is 1. The first-order valence-electron chi connectivity index (χ1n) is 3.80. The maximum Gasteiger partial charge on any atom is 0.0550 e. The molecule has 11 heavy (non-hydrogen) atoms. The molecule has 0 aromatic carbocycles. The second-order valence-corrected chi connectivity index (χ2v) is 2.91. The molecule has 0 saturated carbocycles. The third-order valence-corrected chi connectivity index (χ3v) is 1.88. The predicted octanol–water partition coefficient (Wildman–Crippen LogP) is 0.943. The lowest BCUT2D eigenvalue weighted by Crippen LogP contribution is -2.37. The molecule has 0 radical (unpaired) electrons. The van der Waals surface area contributed by atoms with Crippen LogP contribution in [-0.2, 0) is 6.42 Å². The molecule has 1 aromatic rings. The fourth-order valence-electron chi connectivity index (χ4n) is 1.29. The van der Waals surface area contributed by atoms with Gasteiger partial charge in [-0.1, -0.05) is 0 Å². The lowest BCUT2D eigenvalue weighted by atomic mass is 10.1. The molecule has 2 rings (SSSR count). The van der Waals surface area contributed by atoms with Crippen LogP contribution in [0.2, 0.25) is 0 Å². The number of nitrogens with one attached hydrogen (secondary N) is 2. The maximum absolute atomic E-state index is 4.06. The molecule has 1 unspecified atom stereocenters. The van der Waals surface area contributed by atoms with Crippen molar-refractivity contribution in [2.45, 2.75) is 19.4 Å². The molecule has 58 valence electrons. The summed E-state index contributed by atoms with van der Waals surface area (Å²) in [4.78, 5) is 4.06. The minimum Gasteiger partial charge on any atom is -0.321 e. The van der Waals surface area contributed by atoms with Crippen molar-refractivity contribution in [3.8, 4) is 0 Å². The molecule has 0 bridgehead atoms. The molecule has 1 aromatic heterocycles. The summed E-state index contributed by atoms with van der Waals surface area (Å²) < 4.78 is 0. The van der Waals surface area contributed by atoms with Gasteiger partial charge in [-0.05, 0) is 25.0 Å². The number of hydrogen-bond acceptors (Lipinski definition) is 3. The summed E-state index contributed by atoms with van der Waals surface area (Å²) in [5.41, 5.74) is 8.72. The van der Waals surface area contributed by atoms with Gasteiger partial charge in [0.1, 0.15) is 0 Å². The van der Waals surface area contributed by atoms with Crippen LogP contribution in [-0.4, -0.2) is 11.0 Å². The van der Waals surface area contributed by atoms with E-state index in [1.54, 1.807) is 6.20 Å². The zero-order valence-electron chi connectivity index (χ0n) is 6.46. The lowest BCUT2D eigenvalue weighted by molar-refractivity contribution is 0.580. The van der Waals surface area contributed by atoms with Gasteiger partial charge in [0.15, 0.2) is 0 Å². The summed E-state index contributed by atoms with van der Waals surface area (Å²) in [5.74, 6) is 0. The van der Waals surface area contributed by atoms with Crippen molar-refractivity contribution in [2.75, 3.05) is 5.43 Å². The zero-order valence-corrected chi connectivity index (χ0v) is 6.46. The van der Waals surface area contributed by atoms with E-state index in [1.165, 1.54) is 5.56 Å². The van der Waals surface area contributed by atoms with Crippen LogP contribution in [0.4, 0.5) is 5.69 Å². The molecule has 1 aliphatic heterocycles. The van der Waals surface area contributed by atoms with Gasteiger partial charge in [0.2, 0.25) is 0 Å². The molecular formula is C8H11N3. The van der Waals surface area contributed by atoms with E-state index in [9.17, 15) is 0 Å². The topological polar surface area (TPSA) is 37.0 Å². The molecule has 0 saturated heterocycles. The van der Waals surface area contributed by atoms with Crippen LogP contribution in [0, 0.1) is 0 Å². The number of hydrazine groups is 1. The number of aromatic nitrogens is 1. The van der Waals surface area contributed by atoms with Crippen molar-refractivity contribution in [1.29, 1.82) is 0 Å². The number of hydrogen-bond donors (Lipinski definition) is 2. The predicted molar refractivity (Wildman–Crippen MR) is 44.2 cm³/mol. The second kappa shape index (κ2) is 2.51. The number of nitrogens with zero attached hydrogens (tertiary/aromatic N) is 1. The van der Waals surface area contributed by atoms with Crippen molar-refractivity contribution in [3.05, 3.63) is 24.0 Å². The van der Waals surface area contributed by atoms with Crippen LogP contribution >= 0.6 is 0 Å². The fourth-order valence-corrected chi connectivity index (χ4v) is 1.29. The Hall–Kier alpha value is -1.09. The Labute approximate surface area is 65.8 Å². The van der Waals surface area contributed by atoms with E-state index in [1.807, 2.05) is 12.3 Å². The van der Waals surface area contributed by atoms with E-state index in [0.29, 0.717) is 6.04 Å². The zero-order chi connectivity index (χ0) is 7.68. The average Bonchev–Trinajstić information content (AvgIpc) is 2.04. The highest BCUT2D eigenvalue weighted by molar-refractivity contribution is 5.50. The highest BCUT2D eigenvalue weighted by atomic mass is 15.4. The molecule has 0 aliphatic carbocycles. The van der Waals surface area contributed by atoms with Gasteiger partial charge in [0, 0.05) is 18.4 Å². The van der Waals surface area contributed by atoms with Crippen molar-refractivity contribution in [3.63, 3.8) is 0 Å². The molecule has 0 fully saturated rings. The molecular weight excluding hydrogens is 138 g/mol. The van der Waals surface area contributed by atoms with Gasteiger partial charge < -0.3 is 5.43 Å². The van der Waals surface area contributed by atoms with Crippen molar-refractivity contribution in [2.24, 2.45) is 0 Å². The summed E-state index contributed by atoms with van der Waals surface area (Å²) in [7, 11) is 0. The Morgan fingerprint density at radius 3 is 3.45 bits per heavy atom. The lowest BCUT2D eigenvalue weighted by Gasteiger charge is -2.23. The van der Waals surface area contributed by atoms with Crippen molar-refractivity contribution >= 4 is 5.69 Å². The van der Waals surface area contributed by atoms with Gasteiger partial charge in [-0.2, -0.15) is 0 Å². The second-order valence-electron chi connectivity index (χ2n) is 2.91. The molecule has 2 heterocycles. The highest BCUT2D eigenvalue weighted by Crippen LogP contribution is 2.17. The maximum atomic E-state index is 4.06. The van der Waals surface area contributed by atoms with Crippen LogP contribution in [0.15, 0.2) is 18.5 Å². The van der Waals surface area contributed by atoms with Crippen LogP contribution in [0.1, 0.15) is 12.5 Å². The molecule has 3 heteroatoms. The van der Waals surface area contributed by atoms with Crippen molar-refractivity contribution in [1.82, 2.24) is 10.4 Å². The first-order chi connectivity index (χ1) is 5.36. The summed E-state index contributed by atoms with van der Waals surface area (Å²) in [6, 6.07) is 2.47. The normalized spacial score (nSPS) is 22.1. The molecule has 2 N–H and O–H groups in total. The monoisotopic (exact) mass is 149 g/mol. The molecule has 1 atom stereocenters. The minimum absolute atomic E-state index is 0.492. The first-order valence-corrected chi connectivity index (χ1v) is 3.80. The molecule has 1 aliphatic rings. The van der Waals surface area contributed by atoms with Gasteiger partial charge in [0.05, 0.1) is 5.69 Å². The molecule has 0 spiro atoms. The standard InChI is InChI=1S/C8H11N3/c1-6-4-7-5-9-3-2-8(7)11-10-6/h2-3,5-6,10-11H,4H2,1H3. The average molecular weight is 149 g/mol. The summed E-state index contributed by atoms with van der Waals surface area (Å²) in [6.45, 7) is 2.14. The fraction of sp³-hybridized carbons (Fsp3) is 0.375. The van der Waals surface area contributed by atoms with E-state index in [-0.39, 0.29) is 0 Å². The van der Waals surface area contributed by atoms with E-state index >= 15 is 0 Å².